The SMILES string of the molecule is CCC(C)Oc1cccc(C(=O)Cl)c1. The fourth-order valence-electron chi connectivity index (χ4n) is 1.01. The van der Waals surface area contributed by atoms with Gasteiger partial charge in [0.15, 0.2) is 0 Å². The largest absolute Gasteiger partial charge is 0.491 e. The molecule has 1 aromatic rings. The third kappa shape index (κ3) is 3.04. The van der Waals surface area contributed by atoms with Gasteiger partial charge in [0.25, 0.3) is 5.24 Å². The molecule has 0 radical (unpaired) electrons. The van der Waals surface area contributed by atoms with E-state index < -0.39 is 5.24 Å². The molecule has 0 heterocycles. The van der Waals surface area contributed by atoms with E-state index in [1.807, 2.05) is 19.9 Å². The molecule has 0 spiro atoms. The normalized spacial score (nSPS) is 12.2. The van der Waals surface area contributed by atoms with Crippen molar-refractivity contribution in [3.05, 3.63) is 29.8 Å². The van der Waals surface area contributed by atoms with Crippen molar-refractivity contribution in [3.8, 4) is 5.75 Å². The molecule has 0 aliphatic rings. The summed E-state index contributed by atoms with van der Waals surface area (Å²) in [6.45, 7) is 4.02. The summed E-state index contributed by atoms with van der Waals surface area (Å²) in [5.74, 6) is 0.686. The minimum atomic E-state index is -0.459. The molecule has 0 aromatic heterocycles. The van der Waals surface area contributed by atoms with E-state index in [1.54, 1.807) is 18.2 Å². The van der Waals surface area contributed by atoms with Crippen molar-refractivity contribution in [2.24, 2.45) is 0 Å². The molecule has 14 heavy (non-hydrogen) atoms. The van der Waals surface area contributed by atoms with Crippen LogP contribution in [0.5, 0.6) is 5.75 Å². The predicted octanol–water partition coefficient (Wildman–Crippen LogP) is 3.24. The second-order valence-corrected chi connectivity index (χ2v) is 3.48. The average molecular weight is 213 g/mol. The lowest BCUT2D eigenvalue weighted by Crippen LogP contribution is -2.09. The first-order chi connectivity index (χ1) is 6.63. The molecule has 0 amide bonds. The van der Waals surface area contributed by atoms with Gasteiger partial charge in [0, 0.05) is 5.56 Å². The Morgan fingerprint density at radius 2 is 2.29 bits per heavy atom. The lowest BCUT2D eigenvalue weighted by atomic mass is 10.2. The summed E-state index contributed by atoms with van der Waals surface area (Å²) in [7, 11) is 0. The molecule has 0 fully saturated rings. The molecule has 0 saturated carbocycles. The molecule has 0 aliphatic carbocycles. The molecule has 1 unspecified atom stereocenters. The van der Waals surface area contributed by atoms with Crippen LogP contribution >= 0.6 is 11.6 Å². The van der Waals surface area contributed by atoms with Crippen molar-refractivity contribution in [1.82, 2.24) is 0 Å². The molecule has 1 rings (SSSR count). The van der Waals surface area contributed by atoms with E-state index in [-0.39, 0.29) is 6.10 Å². The van der Waals surface area contributed by atoms with Gasteiger partial charge in [-0.3, -0.25) is 4.79 Å². The predicted molar refractivity (Wildman–Crippen MR) is 57.0 cm³/mol. The van der Waals surface area contributed by atoms with Gasteiger partial charge in [-0.1, -0.05) is 13.0 Å². The van der Waals surface area contributed by atoms with Crippen LogP contribution in [0.25, 0.3) is 0 Å². The van der Waals surface area contributed by atoms with Crippen LogP contribution in [0.15, 0.2) is 24.3 Å². The van der Waals surface area contributed by atoms with Gasteiger partial charge in [-0.25, -0.2) is 0 Å². The quantitative estimate of drug-likeness (QED) is 0.717. The molecule has 1 aromatic carbocycles. The number of rotatable bonds is 4. The number of ether oxygens (including phenoxy) is 1. The standard InChI is InChI=1S/C11H13ClO2/c1-3-8(2)14-10-6-4-5-9(7-10)11(12)13/h4-8H,3H2,1-2H3. The minimum Gasteiger partial charge on any atom is -0.491 e. The summed E-state index contributed by atoms with van der Waals surface area (Å²) in [4.78, 5) is 10.9. The Kier molecular flexibility index (Phi) is 3.96. The fraction of sp³-hybridized carbons (Fsp3) is 0.364. The van der Waals surface area contributed by atoms with Crippen LogP contribution < -0.4 is 4.74 Å². The number of hydrogen-bond donors (Lipinski definition) is 0. The molecule has 0 N–H and O–H groups in total. The highest BCUT2D eigenvalue weighted by Gasteiger charge is 2.05. The molecular formula is C11H13ClO2. The second-order valence-electron chi connectivity index (χ2n) is 3.14. The zero-order chi connectivity index (χ0) is 10.6. The van der Waals surface area contributed by atoms with Gasteiger partial charge in [-0.05, 0) is 43.1 Å². The first-order valence-electron chi connectivity index (χ1n) is 4.60. The summed E-state index contributed by atoms with van der Waals surface area (Å²) >= 11 is 5.35. The molecule has 76 valence electrons. The average Bonchev–Trinajstić information content (AvgIpc) is 2.18. The number of hydrogen-bond acceptors (Lipinski definition) is 2. The van der Waals surface area contributed by atoms with Gasteiger partial charge in [-0.2, -0.15) is 0 Å². The molecule has 2 nitrogen and oxygen atoms in total. The number of carbonyl (C=O) groups is 1. The monoisotopic (exact) mass is 212 g/mol. The second kappa shape index (κ2) is 5.01. The fourth-order valence-corrected chi connectivity index (χ4v) is 1.12. The Morgan fingerprint density at radius 1 is 1.57 bits per heavy atom. The van der Waals surface area contributed by atoms with Gasteiger partial charge in [0.05, 0.1) is 6.10 Å². The maximum Gasteiger partial charge on any atom is 0.252 e. The number of halogens is 1. The Labute approximate surface area is 88.8 Å². The van der Waals surface area contributed by atoms with E-state index >= 15 is 0 Å². The lowest BCUT2D eigenvalue weighted by Gasteiger charge is -2.12. The van der Waals surface area contributed by atoms with Crippen molar-refractivity contribution in [2.45, 2.75) is 26.4 Å². The first kappa shape index (κ1) is 11.1. The number of carbonyl (C=O) groups excluding carboxylic acids is 1. The third-order valence-corrected chi connectivity index (χ3v) is 2.19. The Balaban J connectivity index is 2.78. The van der Waals surface area contributed by atoms with Crippen LogP contribution in [0.1, 0.15) is 30.6 Å². The van der Waals surface area contributed by atoms with Crippen molar-refractivity contribution >= 4 is 16.8 Å². The maximum atomic E-state index is 10.9. The Bertz CT molecular complexity index is 323. The van der Waals surface area contributed by atoms with Crippen LogP contribution in [-0.2, 0) is 0 Å². The van der Waals surface area contributed by atoms with E-state index in [2.05, 4.69) is 0 Å². The highest BCUT2D eigenvalue weighted by Crippen LogP contribution is 2.16. The van der Waals surface area contributed by atoms with E-state index in [0.717, 1.165) is 6.42 Å². The van der Waals surface area contributed by atoms with Crippen LogP contribution in [-0.4, -0.2) is 11.3 Å². The molecule has 0 bridgehead atoms. The van der Waals surface area contributed by atoms with Gasteiger partial charge in [0.2, 0.25) is 0 Å². The van der Waals surface area contributed by atoms with Crippen LogP contribution in [0.3, 0.4) is 0 Å². The number of benzene rings is 1. The molecule has 0 aliphatic heterocycles. The van der Waals surface area contributed by atoms with Crippen molar-refractivity contribution in [3.63, 3.8) is 0 Å². The van der Waals surface area contributed by atoms with Gasteiger partial charge < -0.3 is 4.74 Å². The smallest absolute Gasteiger partial charge is 0.252 e. The summed E-state index contributed by atoms with van der Waals surface area (Å²) in [6, 6.07) is 6.89. The highest BCUT2D eigenvalue weighted by molar-refractivity contribution is 6.67. The molecule has 3 heteroatoms. The summed E-state index contributed by atoms with van der Waals surface area (Å²) < 4.78 is 5.54. The Morgan fingerprint density at radius 3 is 2.86 bits per heavy atom. The summed E-state index contributed by atoms with van der Waals surface area (Å²) in [5.41, 5.74) is 0.465. The molecule has 0 saturated heterocycles. The van der Waals surface area contributed by atoms with E-state index in [0.29, 0.717) is 11.3 Å². The zero-order valence-electron chi connectivity index (χ0n) is 8.29. The Hall–Kier alpha value is -1.02. The topological polar surface area (TPSA) is 26.3 Å². The van der Waals surface area contributed by atoms with Gasteiger partial charge >= 0.3 is 0 Å². The minimum absolute atomic E-state index is 0.149. The molecule has 1 atom stereocenters. The van der Waals surface area contributed by atoms with Crippen molar-refractivity contribution < 1.29 is 9.53 Å². The van der Waals surface area contributed by atoms with Crippen LogP contribution in [0.4, 0.5) is 0 Å². The lowest BCUT2D eigenvalue weighted by molar-refractivity contribution is 0.108. The summed E-state index contributed by atoms with van der Waals surface area (Å²) in [6.07, 6.45) is 1.08. The van der Waals surface area contributed by atoms with Gasteiger partial charge in [-0.15, -0.1) is 0 Å². The molecular weight excluding hydrogens is 200 g/mol. The maximum absolute atomic E-state index is 10.9. The van der Waals surface area contributed by atoms with E-state index in [1.165, 1.54) is 0 Å². The van der Waals surface area contributed by atoms with Crippen molar-refractivity contribution in [2.75, 3.05) is 0 Å². The third-order valence-electron chi connectivity index (χ3n) is 1.97. The van der Waals surface area contributed by atoms with E-state index in [4.69, 9.17) is 16.3 Å². The highest BCUT2D eigenvalue weighted by atomic mass is 35.5. The summed E-state index contributed by atoms with van der Waals surface area (Å²) in [5, 5.41) is -0.459. The first-order valence-corrected chi connectivity index (χ1v) is 4.97. The van der Waals surface area contributed by atoms with Gasteiger partial charge in [0.1, 0.15) is 5.75 Å². The van der Waals surface area contributed by atoms with E-state index in [9.17, 15) is 4.79 Å². The zero-order valence-corrected chi connectivity index (χ0v) is 9.04. The van der Waals surface area contributed by atoms with Crippen LogP contribution in [0.2, 0.25) is 0 Å². The van der Waals surface area contributed by atoms with Crippen molar-refractivity contribution in [1.29, 1.82) is 0 Å². The van der Waals surface area contributed by atoms with Crippen LogP contribution in [0, 0.1) is 0 Å².